The molecule has 16 heavy (non-hydrogen) atoms. The standard InChI is InChI=1S/C11H16N2O3/c1-11(2,3)13-10(14)8-16-12-7-9-5-4-6-15-9/h4-7H,8H2,1-3H3,(H,13,14)/b12-7-. The van der Waals surface area contributed by atoms with Crippen molar-refractivity contribution in [2.45, 2.75) is 26.3 Å². The number of oxime groups is 1. The van der Waals surface area contributed by atoms with Crippen molar-refractivity contribution in [3.05, 3.63) is 24.2 Å². The highest BCUT2D eigenvalue weighted by molar-refractivity contribution is 5.78. The van der Waals surface area contributed by atoms with Crippen LogP contribution in [0.3, 0.4) is 0 Å². The first-order valence-corrected chi connectivity index (χ1v) is 4.97. The van der Waals surface area contributed by atoms with Crippen molar-refractivity contribution in [1.29, 1.82) is 0 Å². The minimum absolute atomic E-state index is 0.103. The molecule has 0 unspecified atom stereocenters. The number of amides is 1. The first-order valence-electron chi connectivity index (χ1n) is 4.97. The van der Waals surface area contributed by atoms with Gasteiger partial charge in [-0.25, -0.2) is 0 Å². The Hall–Kier alpha value is -1.78. The fourth-order valence-electron chi connectivity index (χ4n) is 1.00. The normalized spacial score (nSPS) is 11.7. The molecule has 1 aromatic heterocycles. The van der Waals surface area contributed by atoms with Crippen LogP contribution < -0.4 is 5.32 Å². The quantitative estimate of drug-likeness (QED) is 0.623. The second-order valence-corrected chi connectivity index (χ2v) is 4.32. The van der Waals surface area contributed by atoms with Crippen LogP contribution >= 0.6 is 0 Å². The smallest absolute Gasteiger partial charge is 0.261 e. The molecule has 5 nitrogen and oxygen atoms in total. The topological polar surface area (TPSA) is 63.8 Å². The summed E-state index contributed by atoms with van der Waals surface area (Å²) >= 11 is 0. The molecular formula is C11H16N2O3. The number of nitrogens with one attached hydrogen (secondary N) is 1. The Labute approximate surface area is 94.5 Å². The zero-order valence-corrected chi connectivity index (χ0v) is 9.69. The van der Waals surface area contributed by atoms with Gasteiger partial charge >= 0.3 is 0 Å². The molecule has 0 aliphatic rings. The number of hydrogen-bond acceptors (Lipinski definition) is 4. The summed E-state index contributed by atoms with van der Waals surface area (Å²) in [7, 11) is 0. The van der Waals surface area contributed by atoms with E-state index in [2.05, 4.69) is 10.5 Å². The lowest BCUT2D eigenvalue weighted by atomic mass is 10.1. The third-order valence-corrected chi connectivity index (χ3v) is 1.51. The molecule has 0 saturated carbocycles. The predicted molar refractivity (Wildman–Crippen MR) is 60.1 cm³/mol. The molecule has 88 valence electrons. The minimum Gasteiger partial charge on any atom is -0.463 e. The van der Waals surface area contributed by atoms with Crippen LogP contribution in [0.25, 0.3) is 0 Å². The van der Waals surface area contributed by atoms with Crippen molar-refractivity contribution in [3.8, 4) is 0 Å². The van der Waals surface area contributed by atoms with Gasteiger partial charge in [-0.3, -0.25) is 4.79 Å². The summed E-state index contributed by atoms with van der Waals surface area (Å²) in [5.74, 6) is 0.375. The molecular weight excluding hydrogens is 208 g/mol. The Morgan fingerprint density at radius 3 is 2.94 bits per heavy atom. The van der Waals surface area contributed by atoms with Crippen LogP contribution in [-0.2, 0) is 9.63 Å². The van der Waals surface area contributed by atoms with Gasteiger partial charge in [-0.05, 0) is 32.9 Å². The molecule has 0 radical (unpaired) electrons. The number of furan rings is 1. The van der Waals surface area contributed by atoms with Gasteiger partial charge in [-0.2, -0.15) is 0 Å². The van der Waals surface area contributed by atoms with Crippen LogP contribution in [-0.4, -0.2) is 24.3 Å². The third kappa shape index (κ3) is 5.19. The summed E-state index contributed by atoms with van der Waals surface area (Å²) in [6.07, 6.45) is 2.94. The maximum atomic E-state index is 11.3. The van der Waals surface area contributed by atoms with Gasteiger partial charge in [0.15, 0.2) is 6.61 Å². The maximum absolute atomic E-state index is 11.3. The highest BCUT2D eigenvalue weighted by Gasteiger charge is 2.13. The molecule has 0 aliphatic carbocycles. The fourth-order valence-corrected chi connectivity index (χ4v) is 1.00. The van der Waals surface area contributed by atoms with Gasteiger partial charge in [-0.1, -0.05) is 5.16 Å². The first-order chi connectivity index (χ1) is 7.47. The van der Waals surface area contributed by atoms with Crippen LogP contribution in [0.2, 0.25) is 0 Å². The van der Waals surface area contributed by atoms with Crippen molar-refractivity contribution in [3.63, 3.8) is 0 Å². The molecule has 1 amide bonds. The summed E-state index contributed by atoms with van der Waals surface area (Å²) in [6, 6.07) is 3.48. The Morgan fingerprint density at radius 1 is 1.62 bits per heavy atom. The van der Waals surface area contributed by atoms with E-state index in [9.17, 15) is 4.79 Å². The summed E-state index contributed by atoms with van der Waals surface area (Å²) in [5, 5.41) is 6.36. The number of nitrogens with zero attached hydrogens (tertiary/aromatic N) is 1. The third-order valence-electron chi connectivity index (χ3n) is 1.51. The lowest BCUT2D eigenvalue weighted by Crippen LogP contribution is -2.42. The maximum Gasteiger partial charge on any atom is 0.261 e. The van der Waals surface area contributed by atoms with Crippen molar-refractivity contribution in [2.75, 3.05) is 6.61 Å². The van der Waals surface area contributed by atoms with Crippen molar-refractivity contribution in [2.24, 2.45) is 5.16 Å². The Morgan fingerprint density at radius 2 is 2.38 bits per heavy atom. The summed E-state index contributed by atoms with van der Waals surface area (Å²) in [4.78, 5) is 16.1. The van der Waals surface area contributed by atoms with Gasteiger partial charge in [0.25, 0.3) is 5.91 Å². The second kappa shape index (κ2) is 5.34. The van der Waals surface area contributed by atoms with E-state index < -0.39 is 0 Å². The lowest BCUT2D eigenvalue weighted by Gasteiger charge is -2.19. The predicted octanol–water partition coefficient (Wildman–Crippen LogP) is 1.54. The summed E-state index contributed by atoms with van der Waals surface area (Å²) in [5.41, 5.74) is -0.259. The van der Waals surface area contributed by atoms with E-state index in [0.717, 1.165) is 0 Å². The van der Waals surface area contributed by atoms with E-state index >= 15 is 0 Å². The number of rotatable bonds is 4. The largest absolute Gasteiger partial charge is 0.463 e. The van der Waals surface area contributed by atoms with Crippen LogP contribution in [0, 0.1) is 0 Å². The van der Waals surface area contributed by atoms with E-state index in [4.69, 9.17) is 9.25 Å². The SMILES string of the molecule is CC(C)(C)NC(=O)CO/N=C\c1ccco1. The van der Waals surface area contributed by atoms with E-state index in [-0.39, 0.29) is 18.1 Å². The van der Waals surface area contributed by atoms with Crippen molar-refractivity contribution >= 4 is 12.1 Å². The minimum atomic E-state index is -0.259. The molecule has 0 saturated heterocycles. The molecule has 0 fully saturated rings. The Bertz CT molecular complexity index is 350. The molecule has 1 N–H and O–H groups in total. The molecule has 1 rings (SSSR count). The van der Waals surface area contributed by atoms with Crippen LogP contribution in [0.1, 0.15) is 26.5 Å². The van der Waals surface area contributed by atoms with Gasteiger partial charge < -0.3 is 14.6 Å². The highest BCUT2D eigenvalue weighted by atomic mass is 16.6. The Balaban J connectivity index is 2.23. The van der Waals surface area contributed by atoms with Gasteiger partial charge in [-0.15, -0.1) is 0 Å². The van der Waals surface area contributed by atoms with E-state index in [1.54, 1.807) is 12.1 Å². The number of carbonyl (C=O) groups is 1. The zero-order chi connectivity index (χ0) is 12.0. The molecule has 1 heterocycles. The monoisotopic (exact) mass is 224 g/mol. The Kier molecular flexibility index (Phi) is 4.10. The van der Waals surface area contributed by atoms with Crippen molar-refractivity contribution < 1.29 is 14.0 Å². The highest BCUT2D eigenvalue weighted by Crippen LogP contribution is 1.98. The van der Waals surface area contributed by atoms with Crippen LogP contribution in [0.4, 0.5) is 0 Å². The fraction of sp³-hybridized carbons (Fsp3) is 0.455. The molecule has 0 spiro atoms. The van der Waals surface area contributed by atoms with E-state index in [1.165, 1.54) is 12.5 Å². The number of hydrogen-bond donors (Lipinski definition) is 1. The number of carbonyl (C=O) groups excluding carboxylic acids is 1. The lowest BCUT2D eigenvalue weighted by molar-refractivity contribution is -0.127. The van der Waals surface area contributed by atoms with Gasteiger partial charge in [0.1, 0.15) is 12.0 Å². The zero-order valence-electron chi connectivity index (χ0n) is 9.69. The van der Waals surface area contributed by atoms with Gasteiger partial charge in [0.05, 0.1) is 6.26 Å². The van der Waals surface area contributed by atoms with Gasteiger partial charge in [0.2, 0.25) is 0 Å². The second-order valence-electron chi connectivity index (χ2n) is 4.32. The van der Waals surface area contributed by atoms with Crippen molar-refractivity contribution in [1.82, 2.24) is 5.32 Å². The van der Waals surface area contributed by atoms with Crippen LogP contribution in [0.5, 0.6) is 0 Å². The molecule has 1 aromatic rings. The molecule has 0 aromatic carbocycles. The van der Waals surface area contributed by atoms with Crippen LogP contribution in [0.15, 0.2) is 28.0 Å². The average molecular weight is 224 g/mol. The van der Waals surface area contributed by atoms with E-state index in [1.807, 2.05) is 20.8 Å². The molecule has 0 atom stereocenters. The first kappa shape index (κ1) is 12.3. The molecule has 5 heteroatoms. The summed E-state index contributed by atoms with van der Waals surface area (Å²) in [6.45, 7) is 5.60. The summed E-state index contributed by atoms with van der Waals surface area (Å²) < 4.78 is 4.99. The van der Waals surface area contributed by atoms with Gasteiger partial charge in [0, 0.05) is 5.54 Å². The van der Waals surface area contributed by atoms with E-state index in [0.29, 0.717) is 5.76 Å². The molecule has 0 bridgehead atoms. The molecule has 0 aliphatic heterocycles. The average Bonchev–Trinajstić information content (AvgIpc) is 2.62.